The second kappa shape index (κ2) is 33.8. The molecule has 0 bridgehead atoms. The van der Waals surface area contributed by atoms with Gasteiger partial charge in [0.25, 0.3) is 11.8 Å². The first-order valence-electron chi connectivity index (χ1n) is 29.7. The summed E-state index contributed by atoms with van der Waals surface area (Å²) >= 11 is 0. The van der Waals surface area contributed by atoms with Crippen LogP contribution in [0.2, 0.25) is 0 Å². The van der Waals surface area contributed by atoms with E-state index < -0.39 is 119 Å². The fraction of sp³-hybridized carbons (Fsp3) is 0.567. The van der Waals surface area contributed by atoms with Crippen LogP contribution in [0.4, 0.5) is 0 Å². The van der Waals surface area contributed by atoms with Crippen molar-refractivity contribution in [3.8, 4) is 0 Å². The first kappa shape index (κ1) is 68.2. The van der Waals surface area contributed by atoms with Crippen molar-refractivity contribution >= 4 is 84.0 Å². The van der Waals surface area contributed by atoms with Gasteiger partial charge in [-0.25, -0.2) is 0 Å². The number of pyridine rings is 2. The quantitative estimate of drug-likeness (QED) is 0.0551. The van der Waals surface area contributed by atoms with Gasteiger partial charge in [-0.1, -0.05) is 67.5 Å². The van der Waals surface area contributed by atoms with Crippen molar-refractivity contribution in [1.29, 1.82) is 0 Å². The molecule has 3 aliphatic heterocycles. The highest BCUT2D eigenvalue weighted by molar-refractivity contribution is 6.06. The summed E-state index contributed by atoms with van der Waals surface area (Å²) in [5.41, 5.74) is 0.266. The van der Waals surface area contributed by atoms with Crippen LogP contribution in [-0.2, 0) is 57.5 Å². The maximum Gasteiger partial charge on any atom is 0.271 e. The third kappa shape index (κ3) is 20.3. The molecule has 0 unspecified atom stereocenters. The normalized spacial score (nSPS) is 24.9. The number of carbonyl (C=O) groups is 12. The summed E-state index contributed by atoms with van der Waals surface area (Å²) < 4.78 is 0. The zero-order chi connectivity index (χ0) is 63.0. The molecule has 468 valence electrons. The van der Waals surface area contributed by atoms with E-state index in [1.54, 1.807) is 52.0 Å². The van der Waals surface area contributed by atoms with E-state index in [9.17, 15) is 57.5 Å². The molecule has 0 saturated carbocycles. The van der Waals surface area contributed by atoms with Crippen molar-refractivity contribution in [1.82, 2.24) is 72.9 Å². The maximum absolute atomic E-state index is 14.9. The zero-order valence-electron chi connectivity index (χ0n) is 50.4. The first-order valence-corrected chi connectivity index (χ1v) is 29.7. The van der Waals surface area contributed by atoms with E-state index in [1.807, 2.05) is 27.7 Å². The van der Waals surface area contributed by atoms with Gasteiger partial charge < -0.3 is 63.0 Å². The second-order valence-electron chi connectivity index (χ2n) is 23.4. The summed E-state index contributed by atoms with van der Waals surface area (Å²) in [6, 6.07) is -3.65. The van der Waals surface area contributed by atoms with Crippen LogP contribution in [-0.4, -0.2) is 166 Å². The molecule has 5 heterocycles. The highest BCUT2D eigenvalue weighted by atomic mass is 16.2. The Morgan fingerprint density at radius 3 is 1.20 bits per heavy atom. The van der Waals surface area contributed by atoms with Gasteiger partial charge >= 0.3 is 0 Å². The Morgan fingerprint density at radius 1 is 0.500 bits per heavy atom. The average molecular weight is 1200 g/mol. The lowest BCUT2D eigenvalue weighted by Crippen LogP contribution is -2.60. The third-order valence-electron chi connectivity index (χ3n) is 14.8. The van der Waals surface area contributed by atoms with Gasteiger partial charge in [-0.2, -0.15) is 0 Å². The molecule has 12 amide bonds. The number of fused-ring (bicyclic) bond motifs is 2. The highest BCUT2D eigenvalue weighted by Crippen LogP contribution is 2.24. The molecule has 26 heteroatoms. The SMILES string of the molecule is CC(C)C[C@@H]1NC(=O)[C@H](CCCNC=O)NC(=O)[C@H](C(C)C)NC(=O)[C@@H]2CCCN2C(=O)/C(=C/c2cccnc2)NC(=O)[C@H](CC(C)C)NC(=O)[C@H](CCCNC=O)NC(=O)[C@H](C(C)C)NC(=O)[C@@H]2CCCN2C(=O)/C(=C/c2cccnc2)NC1=O. The van der Waals surface area contributed by atoms with Crippen LogP contribution >= 0.6 is 0 Å². The lowest BCUT2D eigenvalue weighted by molar-refractivity contribution is -0.139. The minimum absolute atomic E-state index is 0.0409. The lowest BCUT2D eigenvalue weighted by Gasteiger charge is -2.31. The number of carbonyl (C=O) groups excluding carboxylic acids is 12. The van der Waals surface area contributed by atoms with Gasteiger partial charge in [-0.3, -0.25) is 67.5 Å². The largest absolute Gasteiger partial charge is 0.359 e. The monoisotopic (exact) mass is 1190 g/mol. The Balaban J connectivity index is 1.63. The molecular formula is C60H86N14O12. The molecule has 10 N–H and O–H groups in total. The van der Waals surface area contributed by atoms with Gasteiger partial charge in [-0.15, -0.1) is 0 Å². The minimum Gasteiger partial charge on any atom is -0.359 e. The van der Waals surface area contributed by atoms with Crippen molar-refractivity contribution in [2.24, 2.45) is 23.7 Å². The molecule has 3 fully saturated rings. The van der Waals surface area contributed by atoms with Gasteiger partial charge in [0.2, 0.25) is 60.1 Å². The molecule has 3 aliphatic rings. The van der Waals surface area contributed by atoms with Crippen LogP contribution < -0.4 is 53.2 Å². The standard InChI is InChI=1S/C60H86N14O12/c1-35(2)27-43-53(79)69-45(29-39-15-9-21-61-31-39)59(85)73-25-13-19-47(73)55(81)72-50(38(7)8)58(84)66-42(18-12-24-64-34-76)52(78)68-44(28-36(3)4)54(80)70-46(30-40-16-10-22-62-32-40)60(86)74-26-14-20-48(74)56(82)71-49(37(5)6)57(83)65-41(51(77)67-43)17-11-23-63-33-75/h9-10,15-16,21-22,29-38,41-44,47-50H,11-14,17-20,23-28H2,1-8H3,(H,63,75)(H,64,76)(H,65,83)(H,66,84)(H,67,77)(H,68,78)(H,69,79)(H,70,80)(H,71,82)(H,72,81)/b45-29-,46-30-/t41-,42-,43-,44-,47-,48-,49-,50-/m0/s1. The summed E-state index contributed by atoms with van der Waals surface area (Å²) in [7, 11) is 0. The fourth-order valence-electron chi connectivity index (χ4n) is 10.4. The van der Waals surface area contributed by atoms with Crippen molar-refractivity contribution in [3.05, 3.63) is 71.6 Å². The highest BCUT2D eigenvalue weighted by Gasteiger charge is 2.42. The maximum atomic E-state index is 14.9. The van der Waals surface area contributed by atoms with Crippen molar-refractivity contribution < 1.29 is 57.5 Å². The average Bonchev–Trinajstić information content (AvgIpc) is 4.31. The molecule has 0 aliphatic carbocycles. The van der Waals surface area contributed by atoms with E-state index >= 15 is 0 Å². The van der Waals surface area contributed by atoms with Crippen molar-refractivity contribution in [2.45, 2.75) is 168 Å². The minimum atomic E-state index is -1.33. The number of amides is 12. The third-order valence-corrected chi connectivity index (χ3v) is 14.8. The number of nitrogens with zero attached hydrogens (tertiary/aromatic N) is 4. The number of hydrogen-bond donors (Lipinski definition) is 10. The topological polar surface area (TPSA) is 357 Å². The van der Waals surface area contributed by atoms with E-state index in [-0.39, 0.29) is 101 Å². The molecule has 0 spiro atoms. The fourth-order valence-corrected chi connectivity index (χ4v) is 10.4. The van der Waals surface area contributed by atoms with Crippen LogP contribution in [0.25, 0.3) is 12.2 Å². The Kier molecular flexibility index (Phi) is 26.8. The van der Waals surface area contributed by atoms with Gasteiger partial charge in [0.15, 0.2) is 0 Å². The zero-order valence-corrected chi connectivity index (χ0v) is 50.4. The molecule has 2 aromatic heterocycles. The molecule has 3 saturated heterocycles. The summed E-state index contributed by atoms with van der Waals surface area (Å²) in [6.45, 7) is 14.3. The van der Waals surface area contributed by atoms with Crippen LogP contribution in [0.5, 0.6) is 0 Å². The smallest absolute Gasteiger partial charge is 0.271 e. The van der Waals surface area contributed by atoms with E-state index in [0.29, 0.717) is 36.8 Å². The summed E-state index contributed by atoms with van der Waals surface area (Å²) in [4.78, 5) is 179. The summed E-state index contributed by atoms with van der Waals surface area (Å²) in [6.07, 6.45) is 11.1. The Morgan fingerprint density at radius 2 is 0.872 bits per heavy atom. The second-order valence-corrected chi connectivity index (χ2v) is 23.4. The summed E-state index contributed by atoms with van der Waals surface area (Å²) in [5.74, 6) is -9.28. The van der Waals surface area contributed by atoms with E-state index in [0.717, 1.165) is 0 Å². The summed E-state index contributed by atoms with van der Waals surface area (Å²) in [5, 5.41) is 27.2. The van der Waals surface area contributed by atoms with E-state index in [1.165, 1.54) is 46.7 Å². The Hall–Kier alpha value is -8.58. The molecule has 0 aromatic carbocycles. The number of hydrogen-bond acceptors (Lipinski definition) is 14. The van der Waals surface area contributed by atoms with Crippen molar-refractivity contribution in [3.63, 3.8) is 0 Å². The molecule has 0 radical (unpaired) electrons. The lowest BCUT2D eigenvalue weighted by atomic mass is 10.00. The number of aromatic nitrogens is 2. The van der Waals surface area contributed by atoms with Gasteiger partial charge in [0, 0.05) is 51.0 Å². The van der Waals surface area contributed by atoms with Crippen LogP contribution in [0.15, 0.2) is 60.4 Å². The molecule has 2 aromatic rings. The van der Waals surface area contributed by atoms with E-state index in [2.05, 4.69) is 63.1 Å². The van der Waals surface area contributed by atoms with Gasteiger partial charge in [0.05, 0.1) is 0 Å². The van der Waals surface area contributed by atoms with Gasteiger partial charge in [-0.05, 0) is 123 Å². The molecule has 26 nitrogen and oxygen atoms in total. The molecule has 8 atom stereocenters. The predicted molar refractivity (Wildman–Crippen MR) is 317 cm³/mol. The number of nitrogens with one attached hydrogen (secondary N) is 10. The molecular weight excluding hydrogens is 1110 g/mol. The van der Waals surface area contributed by atoms with Crippen LogP contribution in [0.1, 0.15) is 131 Å². The van der Waals surface area contributed by atoms with E-state index in [4.69, 9.17) is 0 Å². The molecule has 86 heavy (non-hydrogen) atoms. The van der Waals surface area contributed by atoms with Crippen molar-refractivity contribution in [2.75, 3.05) is 26.2 Å². The van der Waals surface area contributed by atoms with Crippen LogP contribution in [0.3, 0.4) is 0 Å². The first-order chi connectivity index (χ1) is 41.0. The molecule has 5 rings (SSSR count). The van der Waals surface area contributed by atoms with Crippen LogP contribution in [0, 0.1) is 23.7 Å². The predicted octanol–water partition coefficient (Wildman–Crippen LogP) is 0.452. The number of rotatable bonds is 18. The van der Waals surface area contributed by atoms with Gasteiger partial charge in [0.1, 0.15) is 59.7 Å². The Labute approximate surface area is 502 Å². The Bertz CT molecular complexity index is 2590.